The number of ether oxygens (including phenoxy) is 1. The summed E-state index contributed by atoms with van der Waals surface area (Å²) in [5.74, 6) is -1.66. The van der Waals surface area contributed by atoms with Crippen LogP contribution in [0.5, 0.6) is 0 Å². The van der Waals surface area contributed by atoms with Crippen molar-refractivity contribution in [2.24, 2.45) is 12.5 Å². The van der Waals surface area contributed by atoms with Crippen LogP contribution < -0.4 is 16.5 Å². The maximum Gasteiger partial charge on any atom is 0.352 e. The van der Waals surface area contributed by atoms with Gasteiger partial charge < -0.3 is 4.74 Å². The lowest BCUT2D eigenvalue weighted by molar-refractivity contribution is -0.149. The minimum atomic E-state index is -1.11. The van der Waals surface area contributed by atoms with E-state index in [4.69, 9.17) is 4.74 Å². The van der Waals surface area contributed by atoms with E-state index in [9.17, 15) is 19.2 Å². The van der Waals surface area contributed by atoms with Gasteiger partial charge in [-0.15, -0.1) is 5.10 Å². The molecule has 0 spiro atoms. The number of amides is 2. The van der Waals surface area contributed by atoms with Crippen LogP contribution >= 0.6 is 0 Å². The topological polar surface area (TPSA) is 150 Å². The number of fused-ring (bicyclic) bond motifs is 1. The average molecular weight is 421 g/mol. The van der Waals surface area contributed by atoms with E-state index >= 15 is 0 Å². The van der Waals surface area contributed by atoms with E-state index in [1.807, 2.05) is 0 Å². The van der Waals surface area contributed by atoms with Crippen LogP contribution in [0.4, 0.5) is 0 Å². The van der Waals surface area contributed by atoms with E-state index in [2.05, 4.69) is 26.1 Å². The molecule has 0 aliphatic rings. The molecule has 2 N–H and O–H groups in total. The van der Waals surface area contributed by atoms with Crippen LogP contribution in [0.15, 0.2) is 11.1 Å². The highest BCUT2D eigenvalue weighted by molar-refractivity contribution is 5.99. The second kappa shape index (κ2) is 8.30. The molecule has 1 unspecified atom stereocenters. The zero-order valence-electron chi connectivity index (χ0n) is 18.1. The Morgan fingerprint density at radius 1 is 1.13 bits per heavy atom. The first kappa shape index (κ1) is 23.1. The summed E-state index contributed by atoms with van der Waals surface area (Å²) in [7, 11) is 1.41. The monoisotopic (exact) mass is 421 g/mol. The summed E-state index contributed by atoms with van der Waals surface area (Å²) >= 11 is 0. The lowest BCUT2D eigenvalue weighted by Crippen LogP contribution is -2.50. The fourth-order valence-corrected chi connectivity index (χ4v) is 2.39. The molecule has 0 bridgehead atoms. The van der Waals surface area contributed by atoms with Crippen LogP contribution in [0.25, 0.3) is 5.65 Å². The van der Waals surface area contributed by atoms with Gasteiger partial charge in [-0.05, 0) is 20.8 Å². The number of rotatable bonds is 5. The molecular weight excluding hydrogens is 394 g/mol. The molecule has 0 saturated heterocycles. The van der Waals surface area contributed by atoms with Crippen molar-refractivity contribution in [3.05, 3.63) is 22.5 Å². The van der Waals surface area contributed by atoms with E-state index in [0.29, 0.717) is 0 Å². The highest BCUT2D eigenvalue weighted by Gasteiger charge is 2.32. The van der Waals surface area contributed by atoms with Crippen molar-refractivity contribution in [1.29, 1.82) is 0 Å². The van der Waals surface area contributed by atoms with Crippen LogP contribution in [-0.4, -0.2) is 53.7 Å². The number of aryl methyl sites for hydroxylation is 1. The van der Waals surface area contributed by atoms with Gasteiger partial charge in [0.2, 0.25) is 0 Å². The molecule has 0 aromatic carbocycles. The van der Waals surface area contributed by atoms with E-state index < -0.39 is 34.6 Å². The molecule has 12 nitrogen and oxygen atoms in total. The Hall–Kier alpha value is -3.15. The van der Waals surface area contributed by atoms with E-state index in [1.54, 1.807) is 41.5 Å². The third-order valence-electron chi connectivity index (χ3n) is 4.01. The van der Waals surface area contributed by atoms with E-state index in [1.165, 1.54) is 7.05 Å². The predicted octanol–water partition coefficient (Wildman–Crippen LogP) is -0.227. The summed E-state index contributed by atoms with van der Waals surface area (Å²) in [5, 5.41) is 7.38. The first-order valence-electron chi connectivity index (χ1n) is 9.29. The molecule has 0 fully saturated rings. The molecule has 0 saturated carbocycles. The Labute approximate surface area is 173 Å². The zero-order chi connectivity index (χ0) is 22.9. The number of Topliss-reactive ketones (excluding diaryl/α,β-unsaturated/α-hetero) is 1. The quantitative estimate of drug-likeness (QED) is 0.629. The number of carbonyl (C=O) groups is 3. The number of aromatic nitrogens is 5. The normalized spacial score (nSPS) is 13.2. The van der Waals surface area contributed by atoms with Crippen LogP contribution in [0.2, 0.25) is 0 Å². The SMILES string of the molecule is Cn1nnc2c(C(=O)NNC(=O)C(CC(=O)C(C)(C)C)OC(C)(C)C)ncn2c1=O. The maximum atomic E-state index is 12.6. The molecule has 0 aliphatic carbocycles. The van der Waals surface area contributed by atoms with E-state index in [-0.39, 0.29) is 23.5 Å². The highest BCUT2D eigenvalue weighted by Crippen LogP contribution is 2.21. The van der Waals surface area contributed by atoms with Gasteiger partial charge in [0.15, 0.2) is 11.3 Å². The van der Waals surface area contributed by atoms with Crippen molar-refractivity contribution in [2.45, 2.75) is 59.7 Å². The Kier molecular flexibility index (Phi) is 6.40. The van der Waals surface area contributed by atoms with Gasteiger partial charge in [0.1, 0.15) is 18.2 Å². The van der Waals surface area contributed by atoms with Gasteiger partial charge in [-0.1, -0.05) is 26.0 Å². The number of carbonyl (C=O) groups excluding carboxylic acids is 3. The lowest BCUT2D eigenvalue weighted by Gasteiger charge is -2.28. The van der Waals surface area contributed by atoms with Crippen molar-refractivity contribution in [3.8, 4) is 0 Å². The van der Waals surface area contributed by atoms with Gasteiger partial charge in [-0.3, -0.25) is 25.2 Å². The number of hydrogen-bond acceptors (Lipinski definition) is 8. The zero-order valence-corrected chi connectivity index (χ0v) is 18.1. The molecule has 30 heavy (non-hydrogen) atoms. The second-order valence-electron chi connectivity index (χ2n) is 8.82. The molecule has 2 aromatic rings. The number of nitrogens with zero attached hydrogens (tertiary/aromatic N) is 5. The fourth-order valence-electron chi connectivity index (χ4n) is 2.39. The molecule has 12 heteroatoms. The molecule has 0 radical (unpaired) electrons. The van der Waals surface area contributed by atoms with Crippen LogP contribution in [0.3, 0.4) is 0 Å². The van der Waals surface area contributed by atoms with Crippen molar-refractivity contribution in [1.82, 2.24) is 35.2 Å². The van der Waals surface area contributed by atoms with Crippen molar-refractivity contribution in [3.63, 3.8) is 0 Å². The number of ketones is 1. The third-order valence-corrected chi connectivity index (χ3v) is 4.01. The lowest BCUT2D eigenvalue weighted by atomic mass is 9.87. The summed E-state index contributed by atoms with van der Waals surface area (Å²) in [4.78, 5) is 53.3. The molecule has 2 amide bonds. The first-order chi connectivity index (χ1) is 13.7. The first-order valence-corrected chi connectivity index (χ1v) is 9.29. The highest BCUT2D eigenvalue weighted by atomic mass is 16.5. The van der Waals surface area contributed by atoms with E-state index in [0.717, 1.165) is 15.4 Å². The van der Waals surface area contributed by atoms with Gasteiger partial charge in [0.25, 0.3) is 11.8 Å². The molecule has 2 aromatic heterocycles. The van der Waals surface area contributed by atoms with Gasteiger partial charge >= 0.3 is 5.69 Å². The Bertz CT molecular complexity index is 1030. The number of hydrogen-bond donors (Lipinski definition) is 2. The summed E-state index contributed by atoms with van der Waals surface area (Å²) in [6.45, 7) is 10.5. The van der Waals surface area contributed by atoms with Gasteiger partial charge in [0, 0.05) is 18.9 Å². The largest absolute Gasteiger partial charge is 0.362 e. The smallest absolute Gasteiger partial charge is 0.352 e. The molecule has 1 atom stereocenters. The second-order valence-corrected chi connectivity index (χ2v) is 8.82. The number of nitrogens with one attached hydrogen (secondary N) is 2. The van der Waals surface area contributed by atoms with Crippen molar-refractivity contribution < 1.29 is 19.1 Å². The summed E-state index contributed by atoms with van der Waals surface area (Å²) in [5.41, 5.74) is 2.32. The number of imidazole rings is 1. The third kappa shape index (κ3) is 5.47. The van der Waals surface area contributed by atoms with Crippen LogP contribution in [0.1, 0.15) is 58.5 Å². The summed E-state index contributed by atoms with van der Waals surface area (Å²) in [6.07, 6.45) is -0.128. The minimum absolute atomic E-state index is 0.0600. The Balaban J connectivity index is 2.14. The fraction of sp³-hybridized carbons (Fsp3) is 0.611. The van der Waals surface area contributed by atoms with Crippen LogP contribution in [0, 0.1) is 5.41 Å². The van der Waals surface area contributed by atoms with Gasteiger partial charge in [0.05, 0.1) is 5.60 Å². The molecule has 0 aliphatic heterocycles. The predicted molar refractivity (Wildman–Crippen MR) is 105 cm³/mol. The molecule has 2 rings (SSSR count). The molecule has 2 heterocycles. The van der Waals surface area contributed by atoms with Gasteiger partial charge in [-0.2, -0.15) is 4.68 Å². The number of hydrazine groups is 1. The summed E-state index contributed by atoms with van der Waals surface area (Å²) in [6, 6.07) is 0. The standard InChI is InChI=1S/C18H27N7O5/c1-17(2,3)11(26)8-10(30-18(4,5)6)14(27)21-22-15(28)12-13-20-23-24(7)16(29)25(13)9-19-12/h9-10H,8H2,1-7H3,(H,21,27)(H,22,28). The van der Waals surface area contributed by atoms with Crippen molar-refractivity contribution in [2.75, 3.05) is 0 Å². The Morgan fingerprint density at radius 3 is 2.33 bits per heavy atom. The maximum absolute atomic E-state index is 12.6. The Morgan fingerprint density at radius 2 is 1.77 bits per heavy atom. The molecular formula is C18H27N7O5. The van der Waals surface area contributed by atoms with Crippen LogP contribution in [-0.2, 0) is 21.4 Å². The van der Waals surface area contributed by atoms with Crippen molar-refractivity contribution >= 4 is 23.2 Å². The molecule has 164 valence electrons. The van der Waals surface area contributed by atoms with Gasteiger partial charge in [-0.25, -0.2) is 14.2 Å². The average Bonchev–Trinajstić information content (AvgIpc) is 3.04. The minimum Gasteiger partial charge on any atom is -0.362 e. The summed E-state index contributed by atoms with van der Waals surface area (Å²) < 4.78 is 7.75.